The van der Waals surface area contributed by atoms with Crippen molar-refractivity contribution in [2.24, 2.45) is 5.92 Å². The molecule has 0 amide bonds. The Hall–Kier alpha value is -1.18. The number of aliphatic hydroxyl groups is 1. The second kappa shape index (κ2) is 5.67. The highest BCUT2D eigenvalue weighted by atomic mass is 32.1. The molecule has 3 heterocycles. The summed E-state index contributed by atoms with van der Waals surface area (Å²) in [4.78, 5) is 6.87. The minimum absolute atomic E-state index is 0.266. The van der Waals surface area contributed by atoms with Gasteiger partial charge in [-0.15, -0.1) is 11.3 Å². The standard InChI is InChI=1S/C13H18N4OS2/c1-8-7-19-12(15-8)10-11(14)16-20-13(10)17-4-2-9(6-17)3-5-18/h7,9,18H,2-6H2,1H3,(H2,14,16). The number of anilines is 2. The van der Waals surface area contributed by atoms with Gasteiger partial charge in [0, 0.05) is 30.8 Å². The predicted molar refractivity (Wildman–Crippen MR) is 84.4 cm³/mol. The van der Waals surface area contributed by atoms with Crippen molar-refractivity contribution in [2.45, 2.75) is 19.8 Å². The van der Waals surface area contributed by atoms with Gasteiger partial charge in [0.25, 0.3) is 0 Å². The molecule has 1 aliphatic rings. The van der Waals surface area contributed by atoms with Crippen LogP contribution in [0.1, 0.15) is 18.5 Å². The fourth-order valence-electron chi connectivity index (χ4n) is 2.61. The first-order chi connectivity index (χ1) is 9.69. The summed E-state index contributed by atoms with van der Waals surface area (Å²) in [6.07, 6.45) is 1.99. The molecule has 0 aliphatic carbocycles. The van der Waals surface area contributed by atoms with Gasteiger partial charge in [0.2, 0.25) is 0 Å². The van der Waals surface area contributed by atoms with Crippen LogP contribution < -0.4 is 10.6 Å². The summed E-state index contributed by atoms with van der Waals surface area (Å²) in [5, 5.41) is 13.2. The van der Waals surface area contributed by atoms with Crippen LogP contribution in [-0.2, 0) is 0 Å². The van der Waals surface area contributed by atoms with Crippen LogP contribution in [-0.4, -0.2) is 34.2 Å². The van der Waals surface area contributed by atoms with Crippen LogP contribution in [0.5, 0.6) is 0 Å². The summed E-state index contributed by atoms with van der Waals surface area (Å²) >= 11 is 3.07. The van der Waals surface area contributed by atoms with Gasteiger partial charge in [-0.2, -0.15) is 4.37 Å². The summed E-state index contributed by atoms with van der Waals surface area (Å²) < 4.78 is 4.31. The Labute approximate surface area is 126 Å². The van der Waals surface area contributed by atoms with Crippen molar-refractivity contribution in [2.75, 3.05) is 30.3 Å². The second-order valence-corrected chi connectivity index (χ2v) is 6.76. The number of aromatic nitrogens is 2. The molecular formula is C13H18N4OS2. The van der Waals surface area contributed by atoms with Gasteiger partial charge in [-0.3, -0.25) is 0 Å². The maximum atomic E-state index is 9.07. The number of thiazole rings is 1. The smallest absolute Gasteiger partial charge is 0.149 e. The van der Waals surface area contributed by atoms with Gasteiger partial charge in [-0.1, -0.05) is 0 Å². The molecule has 3 rings (SSSR count). The van der Waals surface area contributed by atoms with E-state index < -0.39 is 0 Å². The third-order valence-corrected chi connectivity index (χ3v) is 5.54. The molecule has 2 aromatic rings. The van der Waals surface area contributed by atoms with Crippen molar-refractivity contribution in [3.8, 4) is 10.6 Å². The minimum Gasteiger partial charge on any atom is -0.396 e. The van der Waals surface area contributed by atoms with E-state index in [0.29, 0.717) is 11.7 Å². The lowest BCUT2D eigenvalue weighted by atomic mass is 10.1. The molecule has 0 radical (unpaired) electrons. The molecule has 0 bridgehead atoms. The fraction of sp³-hybridized carbons (Fsp3) is 0.538. The molecule has 0 aromatic carbocycles. The molecule has 1 fully saturated rings. The van der Waals surface area contributed by atoms with E-state index in [1.54, 1.807) is 11.3 Å². The van der Waals surface area contributed by atoms with Crippen molar-refractivity contribution >= 4 is 33.7 Å². The van der Waals surface area contributed by atoms with E-state index in [0.717, 1.165) is 47.2 Å². The second-order valence-electron chi connectivity index (χ2n) is 5.16. The third-order valence-electron chi connectivity index (χ3n) is 3.64. The van der Waals surface area contributed by atoms with E-state index >= 15 is 0 Å². The molecule has 1 unspecified atom stereocenters. The van der Waals surface area contributed by atoms with Crippen molar-refractivity contribution < 1.29 is 5.11 Å². The average molecular weight is 310 g/mol. The van der Waals surface area contributed by atoms with Crippen LogP contribution in [0.3, 0.4) is 0 Å². The summed E-state index contributed by atoms with van der Waals surface area (Å²) in [5.74, 6) is 1.14. The maximum Gasteiger partial charge on any atom is 0.149 e. The fourth-order valence-corrected chi connectivity index (χ4v) is 4.38. The Balaban J connectivity index is 1.88. The van der Waals surface area contributed by atoms with Crippen LogP contribution >= 0.6 is 22.9 Å². The van der Waals surface area contributed by atoms with Gasteiger partial charge in [0.1, 0.15) is 15.8 Å². The molecule has 2 aromatic heterocycles. The molecule has 3 N–H and O–H groups in total. The Morgan fingerprint density at radius 2 is 2.40 bits per heavy atom. The molecule has 0 saturated carbocycles. The zero-order chi connectivity index (χ0) is 14.1. The summed E-state index contributed by atoms with van der Waals surface area (Å²) in [5.41, 5.74) is 8.04. The lowest BCUT2D eigenvalue weighted by Gasteiger charge is -2.17. The van der Waals surface area contributed by atoms with Crippen molar-refractivity contribution in [1.29, 1.82) is 0 Å². The lowest BCUT2D eigenvalue weighted by molar-refractivity contribution is 0.263. The monoisotopic (exact) mass is 310 g/mol. The highest BCUT2D eigenvalue weighted by Gasteiger charge is 2.27. The molecule has 20 heavy (non-hydrogen) atoms. The highest BCUT2D eigenvalue weighted by molar-refractivity contribution is 7.15. The molecule has 0 spiro atoms. The predicted octanol–water partition coefficient (Wildman–Crippen LogP) is 2.37. The topological polar surface area (TPSA) is 75.3 Å². The number of hydrogen-bond donors (Lipinski definition) is 2. The quantitative estimate of drug-likeness (QED) is 0.907. The summed E-state index contributed by atoms with van der Waals surface area (Å²) in [6.45, 7) is 4.23. The van der Waals surface area contributed by atoms with E-state index in [-0.39, 0.29) is 6.61 Å². The van der Waals surface area contributed by atoms with Crippen LogP contribution in [0.15, 0.2) is 5.38 Å². The third kappa shape index (κ3) is 2.53. The number of nitrogens with two attached hydrogens (primary N) is 1. The van der Waals surface area contributed by atoms with Crippen LogP contribution in [0.4, 0.5) is 10.8 Å². The SMILES string of the molecule is Cc1csc(-c2c(N)nsc2N2CCC(CCO)C2)n1. The molecule has 1 aliphatic heterocycles. The summed E-state index contributed by atoms with van der Waals surface area (Å²) in [6, 6.07) is 0. The van der Waals surface area contributed by atoms with Gasteiger partial charge < -0.3 is 15.7 Å². The number of rotatable bonds is 4. The minimum atomic E-state index is 0.266. The highest BCUT2D eigenvalue weighted by Crippen LogP contribution is 2.42. The molecule has 5 nitrogen and oxygen atoms in total. The van der Waals surface area contributed by atoms with Gasteiger partial charge >= 0.3 is 0 Å². The number of aliphatic hydroxyl groups excluding tert-OH is 1. The van der Waals surface area contributed by atoms with Crippen molar-refractivity contribution in [3.05, 3.63) is 11.1 Å². The van der Waals surface area contributed by atoms with E-state index in [4.69, 9.17) is 10.8 Å². The van der Waals surface area contributed by atoms with Gasteiger partial charge in [0.05, 0.1) is 5.56 Å². The first-order valence-electron chi connectivity index (χ1n) is 6.72. The number of nitrogens with zero attached hydrogens (tertiary/aromatic N) is 3. The van der Waals surface area contributed by atoms with Gasteiger partial charge in [-0.25, -0.2) is 4.98 Å². The van der Waals surface area contributed by atoms with Crippen molar-refractivity contribution in [3.63, 3.8) is 0 Å². The van der Waals surface area contributed by atoms with E-state index in [9.17, 15) is 0 Å². The van der Waals surface area contributed by atoms with Crippen LogP contribution in [0, 0.1) is 12.8 Å². The van der Waals surface area contributed by atoms with Crippen molar-refractivity contribution in [1.82, 2.24) is 9.36 Å². The molecule has 7 heteroatoms. The largest absolute Gasteiger partial charge is 0.396 e. The van der Waals surface area contributed by atoms with E-state index in [1.165, 1.54) is 11.5 Å². The first kappa shape index (κ1) is 13.8. The molecular weight excluding hydrogens is 292 g/mol. The van der Waals surface area contributed by atoms with Gasteiger partial charge in [-0.05, 0) is 37.2 Å². The Kier molecular flexibility index (Phi) is 3.91. The van der Waals surface area contributed by atoms with E-state index in [1.807, 2.05) is 12.3 Å². The maximum absolute atomic E-state index is 9.07. The Morgan fingerprint density at radius 3 is 3.10 bits per heavy atom. The Bertz CT molecular complexity index is 595. The zero-order valence-corrected chi connectivity index (χ0v) is 13.0. The normalized spacial score (nSPS) is 18.9. The molecule has 1 atom stereocenters. The lowest BCUT2D eigenvalue weighted by Crippen LogP contribution is -2.19. The number of hydrogen-bond acceptors (Lipinski definition) is 7. The average Bonchev–Trinajstić information content (AvgIpc) is 3.10. The zero-order valence-electron chi connectivity index (χ0n) is 11.4. The first-order valence-corrected chi connectivity index (χ1v) is 8.37. The van der Waals surface area contributed by atoms with E-state index in [2.05, 4.69) is 14.3 Å². The van der Waals surface area contributed by atoms with Crippen LogP contribution in [0.2, 0.25) is 0 Å². The number of nitrogen functional groups attached to an aromatic ring is 1. The molecule has 108 valence electrons. The summed E-state index contributed by atoms with van der Waals surface area (Å²) in [7, 11) is 0. The van der Waals surface area contributed by atoms with Crippen LogP contribution in [0.25, 0.3) is 10.6 Å². The Morgan fingerprint density at radius 1 is 1.55 bits per heavy atom. The number of aryl methyl sites for hydroxylation is 1. The molecule has 1 saturated heterocycles. The van der Waals surface area contributed by atoms with Gasteiger partial charge in [0.15, 0.2) is 0 Å².